The van der Waals surface area contributed by atoms with Crippen LogP contribution in [0.5, 0.6) is 0 Å². The smallest absolute Gasteiger partial charge is 0.262 e. The van der Waals surface area contributed by atoms with Gasteiger partial charge >= 0.3 is 0 Å². The first kappa shape index (κ1) is 10.8. The van der Waals surface area contributed by atoms with Gasteiger partial charge in [0.25, 0.3) is 5.91 Å². The number of rotatable bonds is 2. The first-order valence-electron chi connectivity index (χ1n) is 4.65. The first-order valence-corrected chi connectivity index (χ1v) is 5.44. The highest BCUT2D eigenvalue weighted by Crippen LogP contribution is 2.13. The highest BCUT2D eigenvalue weighted by Gasteiger charge is 2.11. The minimum atomic E-state index is -0.214. The SMILES string of the molecule is O=Cc1cccn1C(=O)c1cccc(Br)c1. The van der Waals surface area contributed by atoms with Gasteiger partial charge in [0, 0.05) is 16.2 Å². The van der Waals surface area contributed by atoms with Crippen LogP contribution in [0, 0.1) is 0 Å². The third-order valence-electron chi connectivity index (χ3n) is 2.19. The maximum absolute atomic E-state index is 12.0. The fraction of sp³-hybridized carbons (Fsp3) is 0. The van der Waals surface area contributed by atoms with Crippen LogP contribution in [0.25, 0.3) is 0 Å². The molecule has 0 saturated carbocycles. The standard InChI is InChI=1S/C12H8BrNO2/c13-10-4-1-3-9(7-10)12(16)14-6-2-5-11(14)8-15/h1-8H. The van der Waals surface area contributed by atoms with E-state index in [0.29, 0.717) is 17.5 Å². The predicted octanol–water partition coefficient (Wildman–Crippen LogP) is 2.75. The molecule has 3 nitrogen and oxygen atoms in total. The van der Waals surface area contributed by atoms with Gasteiger partial charge in [0.2, 0.25) is 0 Å². The summed E-state index contributed by atoms with van der Waals surface area (Å²) in [6.07, 6.45) is 2.24. The number of hydrogen-bond donors (Lipinski definition) is 0. The van der Waals surface area contributed by atoms with Crippen molar-refractivity contribution in [3.63, 3.8) is 0 Å². The van der Waals surface area contributed by atoms with Crippen molar-refractivity contribution in [2.45, 2.75) is 0 Å². The Balaban J connectivity index is 2.43. The molecule has 0 bridgehead atoms. The summed E-state index contributed by atoms with van der Waals surface area (Å²) in [5.74, 6) is -0.214. The van der Waals surface area contributed by atoms with Crippen molar-refractivity contribution in [3.05, 3.63) is 58.3 Å². The van der Waals surface area contributed by atoms with Crippen LogP contribution in [0.3, 0.4) is 0 Å². The van der Waals surface area contributed by atoms with E-state index in [9.17, 15) is 9.59 Å². The molecule has 0 radical (unpaired) electrons. The zero-order valence-electron chi connectivity index (χ0n) is 8.26. The summed E-state index contributed by atoms with van der Waals surface area (Å²) >= 11 is 3.30. The highest BCUT2D eigenvalue weighted by atomic mass is 79.9. The molecule has 4 heteroatoms. The summed E-state index contributed by atoms with van der Waals surface area (Å²) in [6.45, 7) is 0. The third-order valence-corrected chi connectivity index (χ3v) is 2.68. The van der Waals surface area contributed by atoms with Gasteiger partial charge in [-0.05, 0) is 30.3 Å². The Morgan fingerprint density at radius 2 is 2.06 bits per heavy atom. The molecule has 0 N–H and O–H groups in total. The van der Waals surface area contributed by atoms with Crippen molar-refractivity contribution in [1.29, 1.82) is 0 Å². The minimum absolute atomic E-state index is 0.214. The first-order chi connectivity index (χ1) is 7.72. The molecule has 0 unspecified atom stereocenters. The van der Waals surface area contributed by atoms with Crippen LogP contribution in [0.2, 0.25) is 0 Å². The van der Waals surface area contributed by atoms with Crippen LogP contribution in [0.1, 0.15) is 20.8 Å². The van der Waals surface area contributed by atoms with Crippen LogP contribution in [0.15, 0.2) is 47.1 Å². The fourth-order valence-electron chi connectivity index (χ4n) is 1.44. The zero-order chi connectivity index (χ0) is 11.5. The van der Waals surface area contributed by atoms with Gasteiger partial charge in [0.1, 0.15) is 0 Å². The Morgan fingerprint density at radius 1 is 1.25 bits per heavy atom. The number of nitrogens with zero attached hydrogens (tertiary/aromatic N) is 1. The molecular weight excluding hydrogens is 270 g/mol. The van der Waals surface area contributed by atoms with Crippen molar-refractivity contribution in [1.82, 2.24) is 4.57 Å². The molecule has 0 fully saturated rings. The van der Waals surface area contributed by atoms with E-state index in [-0.39, 0.29) is 5.91 Å². The van der Waals surface area contributed by atoms with E-state index in [1.165, 1.54) is 4.57 Å². The van der Waals surface area contributed by atoms with E-state index in [4.69, 9.17) is 0 Å². The highest BCUT2D eigenvalue weighted by molar-refractivity contribution is 9.10. The van der Waals surface area contributed by atoms with Gasteiger partial charge in [-0.25, -0.2) is 0 Å². The molecule has 16 heavy (non-hydrogen) atoms. The summed E-state index contributed by atoms with van der Waals surface area (Å²) in [6, 6.07) is 10.3. The third kappa shape index (κ3) is 1.97. The molecule has 0 spiro atoms. The second-order valence-corrected chi connectivity index (χ2v) is 4.15. The molecule has 0 amide bonds. The average molecular weight is 278 g/mol. The molecule has 1 heterocycles. The van der Waals surface area contributed by atoms with E-state index in [0.717, 1.165) is 4.47 Å². The molecule has 0 saturated heterocycles. The number of carbonyl (C=O) groups excluding carboxylic acids is 2. The summed E-state index contributed by atoms with van der Waals surface area (Å²) in [5.41, 5.74) is 0.888. The van der Waals surface area contributed by atoms with Gasteiger partial charge in [0.05, 0.1) is 5.69 Å². The van der Waals surface area contributed by atoms with Crippen molar-refractivity contribution in [3.8, 4) is 0 Å². The molecule has 0 aliphatic heterocycles. The topological polar surface area (TPSA) is 39.1 Å². The average Bonchev–Trinajstić information content (AvgIpc) is 2.76. The maximum Gasteiger partial charge on any atom is 0.262 e. The number of hydrogen-bond acceptors (Lipinski definition) is 2. The number of carbonyl (C=O) groups is 2. The van der Waals surface area contributed by atoms with Crippen LogP contribution in [-0.4, -0.2) is 16.8 Å². The van der Waals surface area contributed by atoms with Crippen LogP contribution < -0.4 is 0 Å². The lowest BCUT2D eigenvalue weighted by Gasteiger charge is -2.04. The molecule has 1 aromatic carbocycles. The Kier molecular flexibility index (Phi) is 3.01. The zero-order valence-corrected chi connectivity index (χ0v) is 9.85. The molecule has 2 rings (SSSR count). The molecular formula is C12H8BrNO2. The van der Waals surface area contributed by atoms with E-state index in [2.05, 4.69) is 15.9 Å². The van der Waals surface area contributed by atoms with E-state index >= 15 is 0 Å². The van der Waals surface area contributed by atoms with Crippen molar-refractivity contribution in [2.24, 2.45) is 0 Å². The molecule has 1 aromatic heterocycles. The number of aldehydes is 1. The normalized spacial score (nSPS) is 10.1. The summed E-state index contributed by atoms with van der Waals surface area (Å²) in [5, 5.41) is 0. The quantitative estimate of drug-likeness (QED) is 0.792. The summed E-state index contributed by atoms with van der Waals surface area (Å²) in [7, 11) is 0. The van der Waals surface area contributed by atoms with Gasteiger partial charge in [-0.15, -0.1) is 0 Å². The van der Waals surface area contributed by atoms with Crippen molar-refractivity contribution in [2.75, 3.05) is 0 Å². The molecule has 0 aliphatic carbocycles. The van der Waals surface area contributed by atoms with E-state index in [1.807, 2.05) is 6.07 Å². The van der Waals surface area contributed by atoms with Crippen LogP contribution >= 0.6 is 15.9 Å². The summed E-state index contributed by atoms with van der Waals surface area (Å²) in [4.78, 5) is 22.7. The van der Waals surface area contributed by atoms with Crippen LogP contribution in [-0.2, 0) is 0 Å². The lowest BCUT2D eigenvalue weighted by molar-refractivity contribution is 0.0947. The van der Waals surface area contributed by atoms with E-state index in [1.54, 1.807) is 36.5 Å². The number of aromatic nitrogens is 1. The summed E-state index contributed by atoms with van der Waals surface area (Å²) < 4.78 is 2.16. The van der Waals surface area contributed by atoms with Gasteiger partial charge < -0.3 is 0 Å². The number of benzene rings is 1. The van der Waals surface area contributed by atoms with Crippen molar-refractivity contribution < 1.29 is 9.59 Å². The molecule has 80 valence electrons. The lowest BCUT2D eigenvalue weighted by Crippen LogP contribution is -2.13. The maximum atomic E-state index is 12.0. The molecule has 0 atom stereocenters. The monoisotopic (exact) mass is 277 g/mol. The Labute approximate surface area is 101 Å². The van der Waals surface area contributed by atoms with Crippen molar-refractivity contribution >= 4 is 28.1 Å². The predicted molar refractivity (Wildman–Crippen MR) is 63.7 cm³/mol. The molecule has 0 aliphatic rings. The Morgan fingerprint density at radius 3 is 2.75 bits per heavy atom. The Hall–Kier alpha value is -1.68. The Bertz CT molecular complexity index is 545. The lowest BCUT2D eigenvalue weighted by atomic mass is 10.2. The minimum Gasteiger partial charge on any atom is -0.296 e. The molecule has 2 aromatic rings. The van der Waals surface area contributed by atoms with Gasteiger partial charge in [-0.1, -0.05) is 22.0 Å². The van der Waals surface area contributed by atoms with E-state index < -0.39 is 0 Å². The number of halogens is 1. The van der Waals surface area contributed by atoms with Gasteiger partial charge in [0.15, 0.2) is 6.29 Å². The van der Waals surface area contributed by atoms with Gasteiger partial charge in [-0.2, -0.15) is 0 Å². The van der Waals surface area contributed by atoms with Crippen LogP contribution in [0.4, 0.5) is 0 Å². The second-order valence-electron chi connectivity index (χ2n) is 3.24. The fourth-order valence-corrected chi connectivity index (χ4v) is 1.83. The van der Waals surface area contributed by atoms with Gasteiger partial charge in [-0.3, -0.25) is 14.2 Å². The largest absolute Gasteiger partial charge is 0.296 e. The second kappa shape index (κ2) is 4.45.